The van der Waals surface area contributed by atoms with Crippen molar-refractivity contribution in [2.75, 3.05) is 5.32 Å². The van der Waals surface area contributed by atoms with Crippen LogP contribution < -0.4 is 11.0 Å². The molecule has 0 bridgehead atoms. The maximum atomic E-state index is 11.1. The van der Waals surface area contributed by atoms with Crippen molar-refractivity contribution >= 4 is 16.7 Å². The first-order valence-corrected chi connectivity index (χ1v) is 5.52. The molecule has 0 radical (unpaired) electrons. The second kappa shape index (κ2) is 4.33. The van der Waals surface area contributed by atoms with Gasteiger partial charge in [-0.25, -0.2) is 4.79 Å². The van der Waals surface area contributed by atoms with Gasteiger partial charge in [-0.3, -0.25) is 9.97 Å². The van der Waals surface area contributed by atoms with Crippen molar-refractivity contribution in [1.82, 2.24) is 19.9 Å². The fourth-order valence-corrected chi connectivity index (χ4v) is 1.76. The highest BCUT2D eigenvalue weighted by atomic mass is 16.1. The number of H-pyrrole nitrogens is 2. The van der Waals surface area contributed by atoms with Gasteiger partial charge in [-0.1, -0.05) is 0 Å². The molecule has 3 rings (SSSR count). The molecule has 0 aliphatic carbocycles. The molecule has 18 heavy (non-hydrogen) atoms. The summed E-state index contributed by atoms with van der Waals surface area (Å²) in [5.74, 6) is 0. The SMILES string of the molecule is O=c1[nH]c2ccc(NCc3cnccn3)cc2[nH]1. The third kappa shape index (κ3) is 2.08. The molecule has 0 saturated carbocycles. The number of anilines is 1. The van der Waals surface area contributed by atoms with E-state index in [1.165, 1.54) is 0 Å². The molecule has 3 N–H and O–H groups in total. The molecule has 0 spiro atoms. The van der Waals surface area contributed by atoms with E-state index in [0.29, 0.717) is 6.54 Å². The smallest absolute Gasteiger partial charge is 0.323 e. The number of aromatic nitrogens is 4. The molecule has 2 heterocycles. The standard InChI is InChI=1S/C12H11N5O/c18-12-16-10-2-1-8(5-11(10)17-12)15-7-9-6-13-3-4-14-9/h1-6,15H,7H2,(H2,16,17,18). The van der Waals surface area contributed by atoms with Gasteiger partial charge in [0.2, 0.25) is 0 Å². The average molecular weight is 241 g/mol. The summed E-state index contributed by atoms with van der Waals surface area (Å²) in [7, 11) is 0. The first-order chi connectivity index (χ1) is 8.81. The summed E-state index contributed by atoms with van der Waals surface area (Å²) >= 11 is 0. The number of rotatable bonds is 3. The van der Waals surface area contributed by atoms with Crippen LogP contribution in [0.1, 0.15) is 5.69 Å². The van der Waals surface area contributed by atoms with Crippen LogP contribution in [0.3, 0.4) is 0 Å². The predicted octanol–water partition coefficient (Wildman–Crippen LogP) is 1.26. The lowest BCUT2D eigenvalue weighted by Gasteiger charge is -2.05. The monoisotopic (exact) mass is 241 g/mol. The van der Waals surface area contributed by atoms with Gasteiger partial charge >= 0.3 is 5.69 Å². The Morgan fingerprint density at radius 3 is 2.89 bits per heavy atom. The number of imidazole rings is 1. The zero-order valence-corrected chi connectivity index (χ0v) is 9.47. The van der Waals surface area contributed by atoms with Crippen molar-refractivity contribution < 1.29 is 0 Å². The fraction of sp³-hybridized carbons (Fsp3) is 0.0833. The lowest BCUT2D eigenvalue weighted by molar-refractivity contribution is 1.01. The second-order valence-corrected chi connectivity index (χ2v) is 3.89. The van der Waals surface area contributed by atoms with Gasteiger partial charge in [0.05, 0.1) is 29.5 Å². The molecule has 3 aromatic rings. The van der Waals surface area contributed by atoms with Crippen molar-refractivity contribution in [3.63, 3.8) is 0 Å². The molecule has 90 valence electrons. The van der Waals surface area contributed by atoms with E-state index in [2.05, 4.69) is 25.3 Å². The van der Waals surface area contributed by atoms with Crippen LogP contribution in [0.2, 0.25) is 0 Å². The number of nitrogens with one attached hydrogen (secondary N) is 3. The van der Waals surface area contributed by atoms with Gasteiger partial charge in [-0.05, 0) is 18.2 Å². The predicted molar refractivity (Wildman–Crippen MR) is 68.3 cm³/mol. The van der Waals surface area contributed by atoms with E-state index in [9.17, 15) is 4.79 Å². The highest BCUT2D eigenvalue weighted by Crippen LogP contribution is 2.14. The van der Waals surface area contributed by atoms with Gasteiger partial charge in [-0.15, -0.1) is 0 Å². The number of fused-ring (bicyclic) bond motifs is 1. The van der Waals surface area contributed by atoms with Crippen molar-refractivity contribution in [2.24, 2.45) is 0 Å². The highest BCUT2D eigenvalue weighted by molar-refractivity contribution is 5.78. The first-order valence-electron chi connectivity index (χ1n) is 5.52. The topological polar surface area (TPSA) is 86.5 Å². The fourth-order valence-electron chi connectivity index (χ4n) is 1.76. The molecule has 0 unspecified atom stereocenters. The minimum atomic E-state index is -0.198. The lowest BCUT2D eigenvalue weighted by atomic mass is 10.2. The molecule has 1 aromatic carbocycles. The minimum absolute atomic E-state index is 0.198. The summed E-state index contributed by atoms with van der Waals surface area (Å²) in [6.07, 6.45) is 5.01. The van der Waals surface area contributed by atoms with Gasteiger partial charge in [-0.2, -0.15) is 0 Å². The minimum Gasteiger partial charge on any atom is -0.379 e. The molecule has 6 heteroatoms. The number of nitrogens with zero attached hydrogens (tertiary/aromatic N) is 2. The van der Waals surface area contributed by atoms with E-state index in [1.54, 1.807) is 18.6 Å². The van der Waals surface area contributed by atoms with Crippen LogP contribution in [0.25, 0.3) is 11.0 Å². The molecule has 0 saturated heterocycles. The zero-order chi connectivity index (χ0) is 12.4. The van der Waals surface area contributed by atoms with Gasteiger partial charge in [0.15, 0.2) is 0 Å². The summed E-state index contributed by atoms with van der Waals surface area (Å²) in [6, 6.07) is 5.64. The normalized spacial score (nSPS) is 10.7. The molecule has 0 aliphatic heterocycles. The summed E-state index contributed by atoms with van der Waals surface area (Å²) < 4.78 is 0. The van der Waals surface area contributed by atoms with E-state index < -0.39 is 0 Å². The highest BCUT2D eigenvalue weighted by Gasteiger charge is 2.00. The van der Waals surface area contributed by atoms with Crippen molar-refractivity contribution in [3.05, 3.63) is 53.0 Å². The molecule has 0 atom stereocenters. The number of hydrogen-bond donors (Lipinski definition) is 3. The van der Waals surface area contributed by atoms with E-state index in [0.717, 1.165) is 22.4 Å². The van der Waals surface area contributed by atoms with Crippen LogP contribution in [0, 0.1) is 0 Å². The Balaban J connectivity index is 1.80. The van der Waals surface area contributed by atoms with Gasteiger partial charge in [0.25, 0.3) is 0 Å². The Hall–Kier alpha value is -2.63. The molecule has 6 nitrogen and oxygen atoms in total. The quantitative estimate of drug-likeness (QED) is 0.644. The van der Waals surface area contributed by atoms with Crippen LogP contribution in [0.4, 0.5) is 5.69 Å². The lowest BCUT2D eigenvalue weighted by Crippen LogP contribution is -2.01. The molecule has 0 fully saturated rings. The molecular formula is C12H11N5O. The van der Waals surface area contributed by atoms with E-state index in [1.807, 2.05) is 18.2 Å². The largest absolute Gasteiger partial charge is 0.379 e. The molecular weight excluding hydrogens is 230 g/mol. The Labute approximate surface area is 102 Å². The third-order valence-corrected chi connectivity index (χ3v) is 2.61. The van der Waals surface area contributed by atoms with Crippen molar-refractivity contribution in [1.29, 1.82) is 0 Å². The van der Waals surface area contributed by atoms with Gasteiger partial charge in [0, 0.05) is 18.1 Å². The maximum Gasteiger partial charge on any atom is 0.323 e. The van der Waals surface area contributed by atoms with Crippen LogP contribution >= 0.6 is 0 Å². The van der Waals surface area contributed by atoms with E-state index in [4.69, 9.17) is 0 Å². The summed E-state index contributed by atoms with van der Waals surface area (Å²) in [5.41, 5.74) is 3.16. The van der Waals surface area contributed by atoms with Crippen LogP contribution in [-0.4, -0.2) is 19.9 Å². The van der Waals surface area contributed by atoms with Crippen LogP contribution in [-0.2, 0) is 6.54 Å². The van der Waals surface area contributed by atoms with Crippen molar-refractivity contribution in [2.45, 2.75) is 6.54 Å². The van der Waals surface area contributed by atoms with E-state index in [-0.39, 0.29) is 5.69 Å². The number of aromatic amines is 2. The number of benzene rings is 1. The second-order valence-electron chi connectivity index (χ2n) is 3.89. The maximum absolute atomic E-state index is 11.1. The molecule has 2 aromatic heterocycles. The van der Waals surface area contributed by atoms with E-state index >= 15 is 0 Å². The Bertz CT molecular complexity index is 716. The number of hydrogen-bond acceptors (Lipinski definition) is 4. The molecule has 0 aliphatic rings. The Morgan fingerprint density at radius 2 is 2.06 bits per heavy atom. The average Bonchev–Trinajstić information content (AvgIpc) is 2.77. The van der Waals surface area contributed by atoms with Crippen molar-refractivity contribution in [3.8, 4) is 0 Å². The Morgan fingerprint density at radius 1 is 1.17 bits per heavy atom. The summed E-state index contributed by atoms with van der Waals surface area (Å²) in [4.78, 5) is 24.7. The third-order valence-electron chi connectivity index (χ3n) is 2.61. The zero-order valence-electron chi connectivity index (χ0n) is 9.47. The summed E-state index contributed by atoms with van der Waals surface area (Å²) in [5, 5.41) is 3.22. The summed E-state index contributed by atoms with van der Waals surface area (Å²) in [6.45, 7) is 0.591. The van der Waals surface area contributed by atoms with Gasteiger partial charge < -0.3 is 15.3 Å². The van der Waals surface area contributed by atoms with Gasteiger partial charge in [0.1, 0.15) is 0 Å². The Kier molecular flexibility index (Phi) is 2.53. The molecule has 0 amide bonds. The first kappa shape index (κ1) is 10.5. The van der Waals surface area contributed by atoms with Crippen LogP contribution in [0.15, 0.2) is 41.6 Å². The van der Waals surface area contributed by atoms with Crippen LogP contribution in [0.5, 0.6) is 0 Å².